The van der Waals surface area contributed by atoms with Crippen LogP contribution in [0.25, 0.3) is 10.6 Å². The molecule has 0 atom stereocenters. The van der Waals surface area contributed by atoms with Crippen molar-refractivity contribution in [2.45, 2.75) is 13.3 Å². The van der Waals surface area contributed by atoms with Crippen molar-refractivity contribution in [3.05, 3.63) is 51.7 Å². The maximum atomic E-state index is 12.5. The van der Waals surface area contributed by atoms with Crippen LogP contribution in [0.15, 0.2) is 40.4 Å². The number of rotatable bonds is 5. The molecule has 0 radical (unpaired) electrons. The first kappa shape index (κ1) is 19.1. The SMILES string of the molecule is Cc1cc(N2CCN(C)CC2)ccc1NC(=O)Cc1csc(-c2ccsc2)n1. The molecule has 7 heteroatoms. The summed E-state index contributed by atoms with van der Waals surface area (Å²) in [5, 5.41) is 10.1. The van der Waals surface area contributed by atoms with Gasteiger partial charge in [-0.1, -0.05) is 0 Å². The number of aryl methyl sites for hydroxylation is 1. The fourth-order valence-corrected chi connectivity index (χ4v) is 4.85. The average molecular weight is 413 g/mol. The summed E-state index contributed by atoms with van der Waals surface area (Å²) in [4.78, 5) is 21.8. The second-order valence-corrected chi connectivity index (χ2v) is 8.81. The van der Waals surface area contributed by atoms with Crippen molar-refractivity contribution in [2.24, 2.45) is 0 Å². The number of nitrogens with one attached hydrogen (secondary N) is 1. The Bertz CT molecular complexity index is 943. The van der Waals surface area contributed by atoms with E-state index in [4.69, 9.17) is 0 Å². The molecule has 0 aliphatic carbocycles. The van der Waals surface area contributed by atoms with Gasteiger partial charge in [-0.2, -0.15) is 11.3 Å². The Kier molecular flexibility index (Phi) is 5.75. The van der Waals surface area contributed by atoms with E-state index < -0.39 is 0 Å². The summed E-state index contributed by atoms with van der Waals surface area (Å²) in [6.07, 6.45) is 0.292. The number of thiazole rings is 1. The number of hydrogen-bond acceptors (Lipinski definition) is 6. The van der Waals surface area contributed by atoms with Crippen LogP contribution in [-0.2, 0) is 11.2 Å². The summed E-state index contributed by atoms with van der Waals surface area (Å²) < 4.78 is 0. The minimum Gasteiger partial charge on any atom is -0.369 e. The van der Waals surface area contributed by atoms with E-state index in [-0.39, 0.29) is 5.91 Å². The van der Waals surface area contributed by atoms with Crippen molar-refractivity contribution in [3.8, 4) is 10.6 Å². The van der Waals surface area contributed by atoms with Gasteiger partial charge in [-0.15, -0.1) is 11.3 Å². The molecule has 28 heavy (non-hydrogen) atoms. The molecule has 5 nitrogen and oxygen atoms in total. The lowest BCUT2D eigenvalue weighted by Gasteiger charge is -2.34. The molecule has 1 fully saturated rings. The summed E-state index contributed by atoms with van der Waals surface area (Å²) in [7, 11) is 2.16. The van der Waals surface area contributed by atoms with Crippen LogP contribution in [0.1, 0.15) is 11.3 Å². The van der Waals surface area contributed by atoms with Crippen LogP contribution in [0.2, 0.25) is 0 Å². The van der Waals surface area contributed by atoms with Gasteiger partial charge in [-0.25, -0.2) is 4.98 Å². The first-order valence-corrected chi connectivity index (χ1v) is 11.2. The van der Waals surface area contributed by atoms with Crippen molar-refractivity contribution in [3.63, 3.8) is 0 Å². The topological polar surface area (TPSA) is 48.5 Å². The van der Waals surface area contributed by atoms with Crippen LogP contribution in [-0.4, -0.2) is 49.0 Å². The Labute approximate surface area is 173 Å². The molecule has 2 aromatic heterocycles. The molecule has 0 saturated carbocycles. The van der Waals surface area contributed by atoms with Crippen LogP contribution in [0.4, 0.5) is 11.4 Å². The van der Waals surface area contributed by atoms with Gasteiger partial charge in [0, 0.05) is 53.9 Å². The van der Waals surface area contributed by atoms with Gasteiger partial charge in [0.25, 0.3) is 0 Å². The molecule has 1 aliphatic heterocycles. The summed E-state index contributed by atoms with van der Waals surface area (Å²) in [5.41, 5.74) is 5.12. The average Bonchev–Trinajstić information content (AvgIpc) is 3.36. The molecular weight excluding hydrogens is 388 g/mol. The maximum Gasteiger partial charge on any atom is 0.230 e. The van der Waals surface area contributed by atoms with E-state index in [0.29, 0.717) is 6.42 Å². The fourth-order valence-electron chi connectivity index (χ4n) is 3.32. The van der Waals surface area contributed by atoms with Gasteiger partial charge in [0.05, 0.1) is 12.1 Å². The summed E-state index contributed by atoms with van der Waals surface area (Å²) in [5.74, 6) is -0.0300. The molecule has 1 N–H and O–H groups in total. The Hall–Kier alpha value is -2.22. The zero-order valence-electron chi connectivity index (χ0n) is 16.1. The third kappa shape index (κ3) is 4.43. The van der Waals surface area contributed by atoms with Crippen molar-refractivity contribution in [1.82, 2.24) is 9.88 Å². The fraction of sp³-hybridized carbons (Fsp3) is 0.333. The van der Waals surface area contributed by atoms with Crippen LogP contribution in [0, 0.1) is 6.92 Å². The second kappa shape index (κ2) is 8.43. The standard InChI is InChI=1S/C21H24N4OS2/c1-15-11-18(25-8-6-24(2)7-9-25)3-4-19(15)23-20(26)12-17-14-28-21(22-17)16-5-10-27-13-16/h3-5,10-11,13-14H,6-9,12H2,1-2H3,(H,23,26). The van der Waals surface area contributed by atoms with Gasteiger partial charge >= 0.3 is 0 Å². The van der Waals surface area contributed by atoms with E-state index in [0.717, 1.165) is 53.7 Å². The van der Waals surface area contributed by atoms with E-state index in [2.05, 4.69) is 50.7 Å². The van der Waals surface area contributed by atoms with Crippen LogP contribution >= 0.6 is 22.7 Å². The van der Waals surface area contributed by atoms with E-state index >= 15 is 0 Å². The molecule has 146 valence electrons. The molecule has 1 amide bonds. The molecular formula is C21H24N4OS2. The number of benzene rings is 1. The van der Waals surface area contributed by atoms with Crippen molar-refractivity contribution < 1.29 is 4.79 Å². The predicted octanol–water partition coefficient (Wildman–Crippen LogP) is 4.11. The first-order chi connectivity index (χ1) is 13.6. The molecule has 1 saturated heterocycles. The summed E-state index contributed by atoms with van der Waals surface area (Å²) in [6, 6.07) is 8.33. The van der Waals surface area contributed by atoms with Gasteiger partial charge in [0.2, 0.25) is 5.91 Å². The number of anilines is 2. The van der Waals surface area contributed by atoms with Crippen LogP contribution in [0.5, 0.6) is 0 Å². The highest BCUT2D eigenvalue weighted by Crippen LogP contribution is 2.27. The van der Waals surface area contributed by atoms with E-state index in [1.54, 1.807) is 22.7 Å². The zero-order valence-corrected chi connectivity index (χ0v) is 17.8. The van der Waals surface area contributed by atoms with Crippen molar-refractivity contribution in [2.75, 3.05) is 43.4 Å². The third-order valence-electron chi connectivity index (χ3n) is 5.01. The predicted molar refractivity (Wildman–Crippen MR) is 119 cm³/mol. The zero-order chi connectivity index (χ0) is 19.5. The molecule has 3 heterocycles. The quantitative estimate of drug-likeness (QED) is 0.685. The summed E-state index contributed by atoms with van der Waals surface area (Å²) >= 11 is 3.24. The Morgan fingerprint density at radius 2 is 2.00 bits per heavy atom. The lowest BCUT2D eigenvalue weighted by Crippen LogP contribution is -2.44. The summed E-state index contributed by atoms with van der Waals surface area (Å²) in [6.45, 7) is 6.29. The largest absolute Gasteiger partial charge is 0.369 e. The van der Waals surface area contributed by atoms with Crippen molar-refractivity contribution in [1.29, 1.82) is 0 Å². The normalized spacial score (nSPS) is 15.0. The van der Waals surface area contributed by atoms with E-state index in [9.17, 15) is 4.79 Å². The van der Waals surface area contributed by atoms with Crippen LogP contribution in [0.3, 0.4) is 0 Å². The molecule has 1 aromatic carbocycles. The molecule has 1 aliphatic rings. The number of piperazine rings is 1. The second-order valence-electron chi connectivity index (χ2n) is 7.17. The van der Waals surface area contributed by atoms with Gasteiger partial charge < -0.3 is 15.1 Å². The number of aromatic nitrogens is 1. The third-order valence-corrected chi connectivity index (χ3v) is 6.64. The highest BCUT2D eigenvalue weighted by Gasteiger charge is 2.16. The number of amides is 1. The van der Waals surface area contributed by atoms with Crippen molar-refractivity contribution >= 4 is 40.0 Å². The lowest BCUT2D eigenvalue weighted by molar-refractivity contribution is -0.115. The van der Waals surface area contributed by atoms with Gasteiger partial charge in [0.15, 0.2) is 0 Å². The van der Waals surface area contributed by atoms with Crippen LogP contribution < -0.4 is 10.2 Å². The first-order valence-electron chi connectivity index (χ1n) is 9.39. The monoisotopic (exact) mass is 412 g/mol. The Balaban J connectivity index is 1.38. The lowest BCUT2D eigenvalue weighted by atomic mass is 10.1. The highest BCUT2D eigenvalue weighted by molar-refractivity contribution is 7.14. The molecule has 0 unspecified atom stereocenters. The van der Waals surface area contributed by atoms with Gasteiger partial charge in [-0.3, -0.25) is 4.79 Å². The Morgan fingerprint density at radius 1 is 1.18 bits per heavy atom. The number of carbonyl (C=O) groups is 1. The number of likely N-dealkylation sites (N-methyl/N-ethyl adjacent to an activating group) is 1. The molecule has 3 aromatic rings. The van der Waals surface area contributed by atoms with Gasteiger partial charge in [-0.05, 0) is 49.2 Å². The van der Waals surface area contributed by atoms with E-state index in [1.165, 1.54) is 5.69 Å². The molecule has 0 spiro atoms. The molecule has 4 rings (SSSR count). The number of thiophene rings is 1. The number of carbonyl (C=O) groups excluding carboxylic acids is 1. The number of nitrogens with zero attached hydrogens (tertiary/aromatic N) is 3. The highest BCUT2D eigenvalue weighted by atomic mass is 32.1. The maximum absolute atomic E-state index is 12.5. The smallest absolute Gasteiger partial charge is 0.230 e. The molecule has 0 bridgehead atoms. The minimum absolute atomic E-state index is 0.0300. The van der Waals surface area contributed by atoms with Gasteiger partial charge in [0.1, 0.15) is 5.01 Å². The number of hydrogen-bond donors (Lipinski definition) is 1. The Morgan fingerprint density at radius 3 is 2.71 bits per heavy atom. The minimum atomic E-state index is -0.0300. The van der Waals surface area contributed by atoms with E-state index in [1.807, 2.05) is 23.8 Å².